The molecule has 0 aliphatic carbocycles. The largest absolute Gasteiger partial charge is 0.478 e. The van der Waals surface area contributed by atoms with Crippen molar-refractivity contribution in [2.45, 2.75) is 44.0 Å². The van der Waals surface area contributed by atoms with E-state index in [1.807, 2.05) is 0 Å². The van der Waals surface area contributed by atoms with E-state index >= 15 is 0 Å². The van der Waals surface area contributed by atoms with E-state index in [-0.39, 0.29) is 18.1 Å². The van der Waals surface area contributed by atoms with Crippen LogP contribution >= 0.6 is 0 Å². The van der Waals surface area contributed by atoms with Crippen molar-refractivity contribution in [1.82, 2.24) is 4.98 Å². The molecule has 10 heteroatoms. The van der Waals surface area contributed by atoms with Crippen LogP contribution in [0.4, 0.5) is 27.8 Å². The highest BCUT2D eigenvalue weighted by molar-refractivity contribution is 5.87. The fraction of sp³-hybridized carbons (Fsp3) is 0.429. The second-order valence-corrected chi connectivity index (χ2v) is 7.37. The maximum atomic E-state index is 13.6. The molecule has 1 aromatic carbocycles. The van der Waals surface area contributed by atoms with Gasteiger partial charge in [-0.2, -0.15) is 22.0 Å². The van der Waals surface area contributed by atoms with E-state index in [9.17, 15) is 26.7 Å². The second kappa shape index (κ2) is 8.78. The Hall–Kier alpha value is -2.75. The van der Waals surface area contributed by atoms with Gasteiger partial charge in [0.05, 0.1) is 23.8 Å². The molecule has 1 saturated heterocycles. The number of carboxylic acids is 1. The van der Waals surface area contributed by atoms with Crippen LogP contribution in [0.15, 0.2) is 42.6 Å². The molecule has 1 fully saturated rings. The van der Waals surface area contributed by atoms with E-state index in [1.165, 1.54) is 37.4 Å². The molecule has 0 spiro atoms. The van der Waals surface area contributed by atoms with E-state index in [0.29, 0.717) is 24.3 Å². The standard InChI is InChI=1S/C21H21F5N2O3/c1-2-20(22,23)31-12-17-9-15(13-3-6-16(7-4-13)21(24,25)26)11-28(17)18-8-5-14(10-27-18)19(29)30/h3-8,10,15,17H,2,9,11-12H2,1H3,(H,29,30)/t15?,17-/m0/s1. The molecular weight excluding hydrogens is 423 g/mol. The number of aromatic nitrogens is 1. The minimum absolute atomic E-state index is 0.0208. The van der Waals surface area contributed by atoms with Crippen LogP contribution in [-0.2, 0) is 10.9 Å². The number of aromatic carboxylic acids is 1. The van der Waals surface area contributed by atoms with Crippen molar-refractivity contribution >= 4 is 11.8 Å². The van der Waals surface area contributed by atoms with Gasteiger partial charge in [-0.05, 0) is 36.2 Å². The van der Waals surface area contributed by atoms with Gasteiger partial charge in [0, 0.05) is 25.1 Å². The Morgan fingerprint density at radius 2 is 1.84 bits per heavy atom. The molecule has 1 aromatic heterocycles. The van der Waals surface area contributed by atoms with Gasteiger partial charge >= 0.3 is 18.3 Å². The lowest BCUT2D eigenvalue weighted by molar-refractivity contribution is -0.241. The van der Waals surface area contributed by atoms with Crippen LogP contribution in [0.25, 0.3) is 0 Å². The topological polar surface area (TPSA) is 62.7 Å². The predicted molar refractivity (Wildman–Crippen MR) is 102 cm³/mol. The number of carbonyl (C=O) groups is 1. The summed E-state index contributed by atoms with van der Waals surface area (Å²) in [5.74, 6) is -0.995. The van der Waals surface area contributed by atoms with Crippen LogP contribution in [0, 0.1) is 0 Å². The van der Waals surface area contributed by atoms with Crippen molar-refractivity contribution in [2.75, 3.05) is 18.1 Å². The number of alkyl halides is 5. The summed E-state index contributed by atoms with van der Waals surface area (Å²) in [6.07, 6.45) is -6.69. The Kier molecular flexibility index (Phi) is 6.49. The Balaban J connectivity index is 1.83. The van der Waals surface area contributed by atoms with Crippen molar-refractivity contribution in [3.63, 3.8) is 0 Å². The van der Waals surface area contributed by atoms with Crippen LogP contribution in [-0.4, -0.2) is 41.4 Å². The third-order valence-corrected chi connectivity index (χ3v) is 5.31. The third-order valence-electron chi connectivity index (χ3n) is 5.31. The van der Waals surface area contributed by atoms with E-state index in [4.69, 9.17) is 9.84 Å². The summed E-state index contributed by atoms with van der Waals surface area (Å²) in [4.78, 5) is 16.9. The highest BCUT2D eigenvalue weighted by atomic mass is 19.4. The molecule has 0 amide bonds. The van der Waals surface area contributed by atoms with E-state index < -0.39 is 36.3 Å². The molecule has 0 radical (unpaired) electrons. The lowest BCUT2D eigenvalue weighted by Gasteiger charge is -2.27. The predicted octanol–water partition coefficient (Wildman–Crippen LogP) is 5.18. The number of anilines is 1. The monoisotopic (exact) mass is 444 g/mol. The quantitative estimate of drug-likeness (QED) is 0.597. The third kappa shape index (κ3) is 5.49. The van der Waals surface area contributed by atoms with Gasteiger partial charge in [-0.25, -0.2) is 9.78 Å². The first-order valence-corrected chi connectivity index (χ1v) is 9.65. The van der Waals surface area contributed by atoms with Gasteiger partial charge in [0.25, 0.3) is 0 Å². The summed E-state index contributed by atoms with van der Waals surface area (Å²) < 4.78 is 70.5. The van der Waals surface area contributed by atoms with Crippen molar-refractivity contribution < 1.29 is 36.6 Å². The van der Waals surface area contributed by atoms with Crippen LogP contribution in [0.1, 0.15) is 47.2 Å². The average Bonchev–Trinajstić information content (AvgIpc) is 3.16. The SMILES string of the molecule is CCC(F)(F)OC[C@@H]1CC(c2ccc(C(F)(F)F)cc2)CN1c1ccc(C(=O)O)cn1. The van der Waals surface area contributed by atoms with Crippen LogP contribution in [0.5, 0.6) is 0 Å². The summed E-state index contributed by atoms with van der Waals surface area (Å²) in [6, 6.07) is 7.09. The lowest BCUT2D eigenvalue weighted by Crippen LogP contribution is -2.36. The Morgan fingerprint density at radius 1 is 1.16 bits per heavy atom. The van der Waals surface area contributed by atoms with Crippen LogP contribution in [0.2, 0.25) is 0 Å². The molecule has 1 aliphatic rings. The molecule has 1 N–H and O–H groups in total. The minimum atomic E-state index is -4.45. The first-order valence-electron chi connectivity index (χ1n) is 9.65. The summed E-state index contributed by atoms with van der Waals surface area (Å²) in [5, 5.41) is 9.03. The van der Waals surface area contributed by atoms with Gasteiger partial charge < -0.3 is 14.7 Å². The van der Waals surface area contributed by atoms with Gasteiger partial charge in [0.1, 0.15) is 5.82 Å². The molecule has 0 saturated carbocycles. The van der Waals surface area contributed by atoms with E-state index in [0.717, 1.165) is 12.1 Å². The van der Waals surface area contributed by atoms with Crippen molar-refractivity contribution in [1.29, 1.82) is 0 Å². The molecular formula is C21H21F5N2O3. The maximum Gasteiger partial charge on any atom is 0.416 e. The molecule has 3 rings (SSSR count). The first kappa shape index (κ1) is 22.9. The van der Waals surface area contributed by atoms with Gasteiger partial charge in [0.15, 0.2) is 0 Å². The summed E-state index contributed by atoms with van der Waals surface area (Å²) in [6.45, 7) is 1.31. The normalized spacial score (nSPS) is 19.6. The minimum Gasteiger partial charge on any atom is -0.478 e. The van der Waals surface area contributed by atoms with Gasteiger partial charge in [-0.3, -0.25) is 0 Å². The zero-order valence-corrected chi connectivity index (χ0v) is 16.6. The number of benzene rings is 1. The van der Waals surface area contributed by atoms with E-state index in [1.54, 1.807) is 4.90 Å². The van der Waals surface area contributed by atoms with Crippen molar-refractivity contribution in [3.8, 4) is 0 Å². The molecule has 2 atom stereocenters. The number of hydrogen-bond donors (Lipinski definition) is 1. The van der Waals surface area contributed by atoms with Crippen molar-refractivity contribution in [2.24, 2.45) is 0 Å². The summed E-state index contributed by atoms with van der Waals surface area (Å²) in [7, 11) is 0. The Labute approximate surface area is 175 Å². The average molecular weight is 444 g/mol. The number of ether oxygens (including phenoxy) is 1. The molecule has 168 valence electrons. The molecule has 2 aromatic rings. The molecule has 2 heterocycles. The van der Waals surface area contributed by atoms with Crippen molar-refractivity contribution in [3.05, 3.63) is 59.3 Å². The number of halogens is 5. The van der Waals surface area contributed by atoms with Gasteiger partial charge in [0.2, 0.25) is 0 Å². The number of carboxylic acid groups (broad SMARTS) is 1. The molecule has 1 aliphatic heterocycles. The van der Waals surface area contributed by atoms with Gasteiger partial charge in [-0.1, -0.05) is 19.1 Å². The maximum absolute atomic E-state index is 13.6. The van der Waals surface area contributed by atoms with E-state index in [2.05, 4.69) is 4.98 Å². The molecule has 5 nitrogen and oxygen atoms in total. The number of hydrogen-bond acceptors (Lipinski definition) is 4. The van der Waals surface area contributed by atoms with Crippen LogP contribution < -0.4 is 4.90 Å². The van der Waals surface area contributed by atoms with Gasteiger partial charge in [-0.15, -0.1) is 0 Å². The molecule has 1 unspecified atom stereocenters. The highest BCUT2D eigenvalue weighted by Crippen LogP contribution is 2.37. The smallest absolute Gasteiger partial charge is 0.416 e. The fourth-order valence-corrected chi connectivity index (χ4v) is 3.54. The zero-order chi connectivity index (χ0) is 22.8. The lowest BCUT2D eigenvalue weighted by atomic mass is 9.95. The highest BCUT2D eigenvalue weighted by Gasteiger charge is 2.37. The Bertz CT molecular complexity index is 901. The number of rotatable bonds is 7. The number of pyridine rings is 1. The zero-order valence-electron chi connectivity index (χ0n) is 16.6. The summed E-state index contributed by atoms with van der Waals surface area (Å²) in [5.41, 5.74) is -0.142. The molecule has 0 bridgehead atoms. The van der Waals surface area contributed by atoms with Crippen LogP contribution in [0.3, 0.4) is 0 Å². The fourth-order valence-electron chi connectivity index (χ4n) is 3.54. The number of nitrogens with zero attached hydrogens (tertiary/aromatic N) is 2. The Morgan fingerprint density at radius 3 is 2.35 bits per heavy atom. The molecule has 31 heavy (non-hydrogen) atoms. The second-order valence-electron chi connectivity index (χ2n) is 7.37. The first-order chi connectivity index (χ1) is 14.5. The summed E-state index contributed by atoms with van der Waals surface area (Å²) >= 11 is 0.